The molecule has 0 aliphatic carbocycles. The molecule has 9 heteroatoms. The van der Waals surface area contributed by atoms with Crippen molar-refractivity contribution in [2.45, 2.75) is 11.3 Å². The lowest BCUT2D eigenvalue weighted by Gasteiger charge is -2.15. The molecule has 2 rings (SSSR count). The molecule has 2 aromatic carbocycles. The minimum atomic E-state index is -4.07. The lowest BCUT2D eigenvalue weighted by Crippen LogP contribution is -2.15. The molecule has 2 N–H and O–H groups in total. The van der Waals surface area contributed by atoms with Crippen LogP contribution < -0.4 is 14.2 Å². The number of sulfonamides is 1. The number of benzene rings is 2. The van der Waals surface area contributed by atoms with Gasteiger partial charge in [0.25, 0.3) is 10.0 Å². The molecule has 7 nitrogen and oxygen atoms in total. The van der Waals surface area contributed by atoms with Crippen LogP contribution in [0.1, 0.15) is 5.56 Å². The Morgan fingerprint density at radius 3 is 2.36 bits per heavy atom. The number of hydrogen-bond donors (Lipinski definition) is 2. The summed E-state index contributed by atoms with van der Waals surface area (Å²) in [6.45, 7) is 0. The molecule has 0 aliphatic rings. The fourth-order valence-electron chi connectivity index (χ4n) is 2.18. The number of carboxylic acids is 1. The van der Waals surface area contributed by atoms with E-state index in [1.807, 2.05) is 0 Å². The van der Waals surface area contributed by atoms with E-state index < -0.39 is 16.0 Å². The van der Waals surface area contributed by atoms with Gasteiger partial charge in [-0.2, -0.15) is 0 Å². The predicted molar refractivity (Wildman–Crippen MR) is 93.1 cm³/mol. The number of aliphatic carboxylic acids is 1. The molecule has 2 aromatic rings. The van der Waals surface area contributed by atoms with E-state index in [1.54, 1.807) is 6.07 Å². The SMILES string of the molecule is COc1ccc(Cl)cc1NS(=O)(=O)c1cc(CC(=O)O)ccc1OC. The van der Waals surface area contributed by atoms with Gasteiger partial charge in [0.1, 0.15) is 16.4 Å². The molecule has 0 heterocycles. The summed E-state index contributed by atoms with van der Waals surface area (Å²) in [6.07, 6.45) is -0.312. The Labute approximate surface area is 150 Å². The highest BCUT2D eigenvalue weighted by Crippen LogP contribution is 2.32. The number of nitrogens with one attached hydrogen (secondary N) is 1. The number of methoxy groups -OCH3 is 2. The Morgan fingerprint density at radius 2 is 1.76 bits per heavy atom. The Balaban J connectivity index is 2.48. The van der Waals surface area contributed by atoms with Crippen LogP contribution >= 0.6 is 11.6 Å². The quantitative estimate of drug-likeness (QED) is 0.759. The number of carboxylic acid groups (broad SMARTS) is 1. The minimum absolute atomic E-state index is 0.0858. The number of ether oxygens (including phenoxy) is 2. The monoisotopic (exact) mass is 385 g/mol. The Hall–Kier alpha value is -2.45. The summed E-state index contributed by atoms with van der Waals surface area (Å²) in [4.78, 5) is 10.7. The molecule has 134 valence electrons. The molecule has 0 saturated carbocycles. The van der Waals surface area contributed by atoms with E-state index >= 15 is 0 Å². The van der Waals surface area contributed by atoms with E-state index in [0.29, 0.717) is 10.6 Å². The Bertz CT molecular complexity index is 897. The highest BCUT2D eigenvalue weighted by molar-refractivity contribution is 7.92. The van der Waals surface area contributed by atoms with Gasteiger partial charge in [-0.25, -0.2) is 8.42 Å². The van der Waals surface area contributed by atoms with E-state index in [0.717, 1.165) is 0 Å². The van der Waals surface area contributed by atoms with Gasteiger partial charge in [-0.05, 0) is 35.9 Å². The number of rotatable bonds is 7. The number of hydrogen-bond acceptors (Lipinski definition) is 5. The van der Waals surface area contributed by atoms with Crippen LogP contribution in [0.15, 0.2) is 41.3 Å². The average Bonchev–Trinajstić information content (AvgIpc) is 2.54. The summed E-state index contributed by atoms with van der Waals surface area (Å²) in [5.74, 6) is -0.700. The van der Waals surface area contributed by atoms with Gasteiger partial charge in [-0.1, -0.05) is 17.7 Å². The van der Waals surface area contributed by atoms with Crippen LogP contribution in [0.3, 0.4) is 0 Å². The smallest absolute Gasteiger partial charge is 0.307 e. The first kappa shape index (κ1) is 18.9. The molecular weight excluding hydrogens is 370 g/mol. The van der Waals surface area contributed by atoms with Gasteiger partial charge in [0.15, 0.2) is 0 Å². The minimum Gasteiger partial charge on any atom is -0.495 e. The average molecular weight is 386 g/mol. The molecule has 0 bridgehead atoms. The summed E-state index contributed by atoms with van der Waals surface area (Å²) in [6, 6.07) is 8.65. The van der Waals surface area contributed by atoms with Crippen molar-refractivity contribution >= 4 is 33.3 Å². The zero-order valence-electron chi connectivity index (χ0n) is 13.4. The van der Waals surface area contributed by atoms with E-state index in [9.17, 15) is 13.2 Å². The van der Waals surface area contributed by atoms with Gasteiger partial charge in [0.05, 0.1) is 26.3 Å². The second-order valence-corrected chi connectivity index (χ2v) is 7.09. The summed E-state index contributed by atoms with van der Waals surface area (Å²) >= 11 is 5.91. The molecule has 0 atom stereocenters. The van der Waals surface area contributed by atoms with E-state index in [4.69, 9.17) is 26.2 Å². The van der Waals surface area contributed by atoms with Crippen LogP contribution in [0.4, 0.5) is 5.69 Å². The second-order valence-electron chi connectivity index (χ2n) is 5.01. The maximum absolute atomic E-state index is 12.8. The molecule has 0 unspecified atom stereocenters. The van der Waals surface area contributed by atoms with Gasteiger partial charge in [-0.3, -0.25) is 9.52 Å². The third kappa shape index (κ3) is 4.55. The van der Waals surface area contributed by atoms with Crippen molar-refractivity contribution in [2.75, 3.05) is 18.9 Å². The van der Waals surface area contributed by atoms with Crippen molar-refractivity contribution < 1.29 is 27.8 Å². The molecular formula is C16H16ClNO6S. The maximum atomic E-state index is 12.8. The topological polar surface area (TPSA) is 102 Å². The number of anilines is 1. The third-order valence-corrected chi connectivity index (χ3v) is 4.90. The van der Waals surface area contributed by atoms with Gasteiger partial charge in [0.2, 0.25) is 0 Å². The van der Waals surface area contributed by atoms with E-state index in [-0.39, 0.29) is 28.5 Å². The van der Waals surface area contributed by atoms with Crippen molar-refractivity contribution in [3.8, 4) is 11.5 Å². The standard InChI is InChI=1S/C16H16ClNO6S/c1-23-13-6-4-11(17)9-12(13)18-25(21,22)15-7-10(8-16(19)20)3-5-14(15)24-2/h3-7,9,18H,8H2,1-2H3,(H,19,20). The summed E-state index contributed by atoms with van der Waals surface area (Å²) in [7, 11) is -1.35. The largest absolute Gasteiger partial charge is 0.495 e. The van der Waals surface area contributed by atoms with Crippen LogP contribution in [-0.2, 0) is 21.2 Å². The normalized spacial score (nSPS) is 11.0. The summed E-state index contributed by atoms with van der Waals surface area (Å²) in [5, 5.41) is 9.22. The van der Waals surface area contributed by atoms with Crippen molar-refractivity contribution in [2.24, 2.45) is 0 Å². The molecule has 25 heavy (non-hydrogen) atoms. The van der Waals surface area contributed by atoms with Crippen LogP contribution in [0.2, 0.25) is 5.02 Å². The first-order valence-electron chi connectivity index (χ1n) is 7.02. The molecule has 0 radical (unpaired) electrons. The van der Waals surface area contributed by atoms with Crippen LogP contribution in [0.5, 0.6) is 11.5 Å². The van der Waals surface area contributed by atoms with Crippen molar-refractivity contribution in [3.63, 3.8) is 0 Å². The van der Waals surface area contributed by atoms with Gasteiger partial charge in [-0.15, -0.1) is 0 Å². The molecule has 0 amide bonds. The van der Waals surface area contributed by atoms with Crippen LogP contribution in [0.25, 0.3) is 0 Å². The van der Waals surface area contributed by atoms with Crippen molar-refractivity contribution in [1.82, 2.24) is 0 Å². The lowest BCUT2D eigenvalue weighted by molar-refractivity contribution is -0.136. The van der Waals surface area contributed by atoms with Gasteiger partial charge >= 0.3 is 5.97 Å². The highest BCUT2D eigenvalue weighted by Gasteiger charge is 2.22. The Kier molecular flexibility index (Phi) is 5.76. The highest BCUT2D eigenvalue weighted by atomic mass is 35.5. The van der Waals surface area contributed by atoms with E-state index in [1.165, 1.54) is 44.6 Å². The van der Waals surface area contributed by atoms with E-state index in [2.05, 4.69) is 4.72 Å². The van der Waals surface area contributed by atoms with Crippen molar-refractivity contribution in [3.05, 3.63) is 47.0 Å². The van der Waals surface area contributed by atoms with Crippen molar-refractivity contribution in [1.29, 1.82) is 0 Å². The number of carbonyl (C=O) groups is 1. The van der Waals surface area contributed by atoms with Crippen LogP contribution in [0, 0.1) is 0 Å². The first-order valence-corrected chi connectivity index (χ1v) is 8.88. The molecule has 0 aromatic heterocycles. The molecule has 0 saturated heterocycles. The predicted octanol–water partition coefficient (Wildman–Crippen LogP) is 2.79. The zero-order chi connectivity index (χ0) is 18.6. The second kappa shape index (κ2) is 7.62. The van der Waals surface area contributed by atoms with Gasteiger partial charge in [0, 0.05) is 5.02 Å². The summed E-state index contributed by atoms with van der Waals surface area (Å²) < 4.78 is 38.1. The molecule has 0 spiro atoms. The Morgan fingerprint density at radius 1 is 1.12 bits per heavy atom. The fraction of sp³-hybridized carbons (Fsp3) is 0.188. The fourth-order valence-corrected chi connectivity index (χ4v) is 3.63. The zero-order valence-corrected chi connectivity index (χ0v) is 15.0. The lowest BCUT2D eigenvalue weighted by atomic mass is 10.1. The number of halogens is 1. The molecule has 0 aliphatic heterocycles. The summed E-state index contributed by atoms with van der Waals surface area (Å²) in [5.41, 5.74) is 0.479. The van der Waals surface area contributed by atoms with Gasteiger partial charge < -0.3 is 14.6 Å². The molecule has 0 fully saturated rings. The third-order valence-electron chi connectivity index (χ3n) is 3.28. The van der Waals surface area contributed by atoms with Crippen LogP contribution in [-0.4, -0.2) is 33.7 Å². The first-order chi connectivity index (χ1) is 11.8. The maximum Gasteiger partial charge on any atom is 0.307 e.